The van der Waals surface area contributed by atoms with E-state index < -0.39 is 140 Å². The van der Waals surface area contributed by atoms with Gasteiger partial charge in [-0.25, -0.2) is 0 Å². The maximum Gasteiger partial charge on any atom is 0.305 e. The second-order valence-corrected chi connectivity index (χ2v) is 15.0. The van der Waals surface area contributed by atoms with E-state index in [1.165, 1.54) is 38.1 Å². The molecular weight excluding hydrogens is 824 g/mol. The van der Waals surface area contributed by atoms with Crippen molar-refractivity contribution in [1.29, 1.82) is 0 Å². The third-order valence-electron chi connectivity index (χ3n) is 8.93. The molecule has 24 heteroatoms. The van der Waals surface area contributed by atoms with E-state index in [2.05, 4.69) is 37.2 Å². The number of amides is 7. The van der Waals surface area contributed by atoms with Gasteiger partial charge in [0.05, 0.1) is 32.3 Å². The summed E-state index contributed by atoms with van der Waals surface area (Å²) in [4.78, 5) is 126. The van der Waals surface area contributed by atoms with E-state index in [1.54, 1.807) is 13.8 Å². The van der Waals surface area contributed by atoms with Crippen LogP contribution in [0, 0.1) is 11.8 Å². The summed E-state index contributed by atoms with van der Waals surface area (Å²) in [5, 5.41) is 73.2. The summed E-state index contributed by atoms with van der Waals surface area (Å²) < 4.78 is 0. The lowest BCUT2D eigenvalue weighted by Crippen LogP contribution is -2.62. The molecule has 0 aliphatic heterocycles. The number of aldehydes is 1. The number of aromatic hydroxyl groups is 1. The Bertz CT molecular complexity index is 1730. The van der Waals surface area contributed by atoms with Gasteiger partial charge in [-0.3, -0.25) is 43.2 Å². The molecular formula is C38H58N8O16. The molecule has 1 rings (SSSR count). The van der Waals surface area contributed by atoms with Crippen molar-refractivity contribution in [3.8, 4) is 5.75 Å². The summed E-state index contributed by atoms with van der Waals surface area (Å²) in [6.07, 6.45) is -1.49. The van der Waals surface area contributed by atoms with E-state index in [0.717, 1.165) is 0 Å². The highest BCUT2D eigenvalue weighted by molar-refractivity contribution is 5.98. The number of aliphatic carboxylic acids is 2. The molecule has 0 aliphatic carbocycles. The number of hydrogen-bond donors (Lipinski definition) is 14. The van der Waals surface area contributed by atoms with Crippen LogP contribution in [0.5, 0.6) is 5.75 Å². The lowest BCUT2D eigenvalue weighted by atomic mass is 10.00. The summed E-state index contributed by atoms with van der Waals surface area (Å²) in [7, 11) is 0. The quantitative estimate of drug-likeness (QED) is 0.0350. The Morgan fingerprint density at radius 1 is 0.597 bits per heavy atom. The molecule has 1 aromatic carbocycles. The fraction of sp³-hybridized carbons (Fsp3) is 0.579. The Morgan fingerprint density at radius 2 is 1.06 bits per heavy atom. The molecule has 0 saturated carbocycles. The number of carboxylic acid groups (broad SMARTS) is 2. The fourth-order valence-corrected chi connectivity index (χ4v) is 5.52. The van der Waals surface area contributed by atoms with E-state index in [4.69, 9.17) is 15.9 Å². The second-order valence-electron chi connectivity index (χ2n) is 15.0. The highest BCUT2D eigenvalue weighted by Crippen LogP contribution is 2.13. The molecule has 24 nitrogen and oxygen atoms in total. The number of hydrogen-bond acceptors (Lipinski definition) is 15. The number of nitrogens with two attached hydrogens (primary N) is 1. The van der Waals surface area contributed by atoms with Gasteiger partial charge < -0.3 is 78.4 Å². The van der Waals surface area contributed by atoms with Crippen molar-refractivity contribution >= 4 is 59.6 Å². The van der Waals surface area contributed by atoms with Crippen molar-refractivity contribution in [3.63, 3.8) is 0 Å². The number of carbonyl (C=O) groups is 10. The van der Waals surface area contributed by atoms with Gasteiger partial charge in [0.2, 0.25) is 41.4 Å². The highest BCUT2D eigenvalue weighted by atomic mass is 16.4. The van der Waals surface area contributed by atoms with Crippen LogP contribution in [0.15, 0.2) is 24.3 Å². The standard InChI is InChI=1S/C38H58N8O16/c1-18(2)11-24(33(57)40-21(14-47)7-10-29(52)53)42-34(58)25(12-20-5-8-22(51)9-6-20)43-36(60)27(16-49)44-37(61)28(17-50)45-38(62)31(19(3)4)46-35(59)26(13-30(54)55)41-32(56)23(39)15-48/h5-6,8-9,14,18-19,21,23-28,31,48-51H,7,10-13,15-17,39H2,1-4H3,(H,40,57)(H,41,56)(H,42,58)(H,43,60)(H,44,61)(H,45,62)(H,46,59)(H,52,53)(H,54,55)/t21-,23-,24-,25-,26-,27-,28-,31-/m0/s1. The molecule has 0 saturated heterocycles. The largest absolute Gasteiger partial charge is 0.508 e. The number of aliphatic hydroxyl groups excluding tert-OH is 3. The average molecular weight is 883 g/mol. The number of phenols is 1. The first kappa shape index (κ1) is 53.8. The van der Waals surface area contributed by atoms with Gasteiger partial charge >= 0.3 is 11.9 Å². The lowest BCUT2D eigenvalue weighted by Gasteiger charge is -2.28. The van der Waals surface area contributed by atoms with Crippen LogP contribution in [-0.2, 0) is 54.4 Å². The molecule has 0 heterocycles. The zero-order chi connectivity index (χ0) is 47.3. The Morgan fingerprint density at radius 3 is 1.53 bits per heavy atom. The molecule has 0 spiro atoms. The third kappa shape index (κ3) is 19.0. The van der Waals surface area contributed by atoms with Crippen LogP contribution in [0.2, 0.25) is 0 Å². The summed E-state index contributed by atoms with van der Waals surface area (Å²) in [5.41, 5.74) is 5.83. The minimum Gasteiger partial charge on any atom is -0.508 e. The van der Waals surface area contributed by atoms with Crippen molar-refractivity contribution in [3.05, 3.63) is 29.8 Å². The fourth-order valence-electron chi connectivity index (χ4n) is 5.52. The van der Waals surface area contributed by atoms with E-state index in [-0.39, 0.29) is 30.9 Å². The number of phenolic OH excluding ortho intramolecular Hbond substituents is 1. The first-order valence-corrected chi connectivity index (χ1v) is 19.4. The molecule has 0 unspecified atom stereocenters. The molecule has 0 bridgehead atoms. The number of aliphatic hydroxyl groups is 3. The van der Waals surface area contributed by atoms with Crippen LogP contribution in [0.25, 0.3) is 0 Å². The van der Waals surface area contributed by atoms with Gasteiger partial charge in [0.15, 0.2) is 0 Å². The number of carbonyl (C=O) groups excluding carboxylic acids is 8. The van der Waals surface area contributed by atoms with Crippen molar-refractivity contribution in [2.75, 3.05) is 19.8 Å². The molecule has 346 valence electrons. The van der Waals surface area contributed by atoms with Crippen LogP contribution in [0.1, 0.15) is 58.9 Å². The Labute approximate surface area is 356 Å². The van der Waals surface area contributed by atoms with Crippen LogP contribution >= 0.6 is 0 Å². The minimum absolute atomic E-state index is 0.0334. The first-order chi connectivity index (χ1) is 29.1. The highest BCUT2D eigenvalue weighted by Gasteiger charge is 2.35. The van der Waals surface area contributed by atoms with Gasteiger partial charge in [0.1, 0.15) is 54.3 Å². The zero-order valence-corrected chi connectivity index (χ0v) is 34.7. The van der Waals surface area contributed by atoms with Crippen molar-refractivity contribution in [1.82, 2.24) is 37.2 Å². The molecule has 62 heavy (non-hydrogen) atoms. The smallest absolute Gasteiger partial charge is 0.305 e. The molecule has 8 atom stereocenters. The van der Waals surface area contributed by atoms with Crippen molar-refractivity contribution < 1.29 is 78.6 Å². The molecule has 0 radical (unpaired) electrons. The number of nitrogens with one attached hydrogen (secondary N) is 7. The maximum atomic E-state index is 13.8. The van der Waals surface area contributed by atoms with Gasteiger partial charge in [0, 0.05) is 12.8 Å². The van der Waals surface area contributed by atoms with E-state index in [9.17, 15) is 68.4 Å². The monoisotopic (exact) mass is 882 g/mol. The molecule has 0 aromatic heterocycles. The molecule has 1 aromatic rings. The lowest BCUT2D eigenvalue weighted by molar-refractivity contribution is -0.141. The molecule has 0 aliphatic rings. The van der Waals surface area contributed by atoms with Crippen LogP contribution in [0.4, 0.5) is 0 Å². The van der Waals surface area contributed by atoms with Gasteiger partial charge in [0.25, 0.3) is 0 Å². The molecule has 0 fully saturated rings. The van der Waals surface area contributed by atoms with Gasteiger partial charge in [-0.15, -0.1) is 0 Å². The van der Waals surface area contributed by atoms with Gasteiger partial charge in [-0.1, -0.05) is 39.8 Å². The third-order valence-corrected chi connectivity index (χ3v) is 8.93. The number of rotatable bonds is 28. The van der Waals surface area contributed by atoms with Crippen LogP contribution < -0.4 is 43.0 Å². The normalized spacial score (nSPS) is 14.9. The van der Waals surface area contributed by atoms with E-state index >= 15 is 0 Å². The van der Waals surface area contributed by atoms with Crippen molar-refractivity contribution in [2.45, 2.75) is 108 Å². The first-order valence-electron chi connectivity index (χ1n) is 19.4. The Balaban J connectivity index is 3.28. The average Bonchev–Trinajstić information content (AvgIpc) is 3.20. The SMILES string of the molecule is CC(C)C[C@H](NC(=O)[C@H](Cc1ccc(O)cc1)NC(=O)[C@H](CO)NC(=O)[C@H](CO)NC(=O)[C@@H](NC(=O)[C@H](CC(=O)O)NC(=O)[C@@H](N)CO)C(C)C)C(=O)N[C@H](C=O)CCC(=O)O. The molecule has 15 N–H and O–H groups in total. The Kier molecular flexibility index (Phi) is 23.3. The predicted octanol–water partition coefficient (Wildman–Crippen LogP) is -5.13. The number of carboxylic acids is 2. The minimum atomic E-state index is -1.83. The topological polar surface area (TPSA) is 402 Å². The van der Waals surface area contributed by atoms with Gasteiger partial charge in [-0.05, 0) is 42.4 Å². The predicted molar refractivity (Wildman–Crippen MR) is 214 cm³/mol. The van der Waals surface area contributed by atoms with Gasteiger partial charge in [-0.2, -0.15) is 0 Å². The maximum absolute atomic E-state index is 13.8. The summed E-state index contributed by atoms with van der Waals surface area (Å²) in [6, 6.07) is -6.95. The van der Waals surface area contributed by atoms with E-state index in [1.807, 2.05) is 0 Å². The summed E-state index contributed by atoms with van der Waals surface area (Å²) in [6.45, 7) is 3.40. The van der Waals surface area contributed by atoms with Crippen LogP contribution in [-0.4, -0.2) is 158 Å². The number of benzene rings is 1. The Hall–Kier alpha value is -6.24. The zero-order valence-electron chi connectivity index (χ0n) is 34.7. The van der Waals surface area contributed by atoms with E-state index in [0.29, 0.717) is 11.8 Å². The molecule has 7 amide bonds. The van der Waals surface area contributed by atoms with Crippen LogP contribution in [0.3, 0.4) is 0 Å². The van der Waals surface area contributed by atoms with Crippen molar-refractivity contribution in [2.24, 2.45) is 17.6 Å². The summed E-state index contributed by atoms with van der Waals surface area (Å²) in [5.74, 6) is -11.2. The summed E-state index contributed by atoms with van der Waals surface area (Å²) >= 11 is 0. The second kappa shape index (κ2) is 26.9.